The third-order valence-electron chi connectivity index (χ3n) is 0.994. The highest BCUT2D eigenvalue weighted by molar-refractivity contribution is 7.80. The third kappa shape index (κ3) is 24.5. The van der Waals surface area contributed by atoms with E-state index in [2.05, 4.69) is 25.3 Å². The second-order valence-corrected chi connectivity index (χ2v) is 3.11. The molecular weight excluding hydrogens is 208 g/mol. The van der Waals surface area contributed by atoms with E-state index in [-0.39, 0.29) is 13.2 Å². The molecule has 0 heterocycles. The van der Waals surface area contributed by atoms with E-state index >= 15 is 0 Å². The molecule has 3 nitrogen and oxygen atoms in total. The van der Waals surface area contributed by atoms with Crippen LogP contribution in [0.15, 0.2) is 0 Å². The minimum absolute atomic E-state index is 0.125. The lowest BCUT2D eigenvalue weighted by molar-refractivity contribution is 0.137. The molecule has 0 aliphatic carbocycles. The topological polar surface area (TPSA) is 49.7 Å². The van der Waals surface area contributed by atoms with Crippen LogP contribution in [0.4, 0.5) is 0 Å². The lowest BCUT2D eigenvalue weighted by Crippen LogP contribution is -1.97. The number of rotatable bonds is 7. The van der Waals surface area contributed by atoms with Crippen molar-refractivity contribution in [3.63, 3.8) is 0 Å². The van der Waals surface area contributed by atoms with Crippen LogP contribution in [0.5, 0.6) is 0 Å². The molecular formula is C8H20O3S2. The highest BCUT2D eigenvalue weighted by Crippen LogP contribution is 1.88. The first-order valence-electron chi connectivity index (χ1n) is 4.34. The summed E-state index contributed by atoms with van der Waals surface area (Å²) in [7, 11) is 0. The lowest BCUT2D eigenvalue weighted by atomic mass is 10.5. The van der Waals surface area contributed by atoms with E-state index < -0.39 is 0 Å². The van der Waals surface area contributed by atoms with Gasteiger partial charge in [-0.05, 0) is 24.3 Å². The van der Waals surface area contributed by atoms with Crippen LogP contribution in [0.25, 0.3) is 0 Å². The zero-order chi connectivity index (χ0) is 10.4. The first-order chi connectivity index (χ1) is 6.33. The first-order valence-corrected chi connectivity index (χ1v) is 5.61. The Kier molecular flexibility index (Phi) is 22.7. The van der Waals surface area contributed by atoms with Gasteiger partial charge in [-0.25, -0.2) is 0 Å². The maximum atomic E-state index is 7.62. The molecule has 0 amide bonds. The van der Waals surface area contributed by atoms with Crippen LogP contribution in [0.3, 0.4) is 0 Å². The van der Waals surface area contributed by atoms with Crippen LogP contribution in [0.2, 0.25) is 0 Å². The van der Waals surface area contributed by atoms with E-state index in [9.17, 15) is 0 Å². The Morgan fingerprint density at radius 1 is 0.846 bits per heavy atom. The molecule has 5 heteroatoms. The smallest absolute Gasteiger partial charge is 0.0662 e. The van der Waals surface area contributed by atoms with Gasteiger partial charge in [0.1, 0.15) is 0 Å². The Morgan fingerprint density at radius 3 is 1.46 bits per heavy atom. The summed E-state index contributed by atoms with van der Waals surface area (Å²) in [6.07, 6.45) is 2.10. The van der Waals surface area contributed by atoms with Crippen molar-refractivity contribution in [2.45, 2.75) is 12.8 Å². The van der Waals surface area contributed by atoms with Crippen LogP contribution < -0.4 is 0 Å². The predicted molar refractivity (Wildman–Crippen MR) is 61.9 cm³/mol. The Bertz CT molecular complexity index is 66.4. The standard InChI is InChI=1S/C6H14OS2.C2H6O2/c8-5-1-3-7-4-2-6-9;3-1-2-4/h8-9H,1-6H2;3-4H,1-2H2. The summed E-state index contributed by atoms with van der Waals surface area (Å²) in [6, 6.07) is 0. The second-order valence-electron chi connectivity index (χ2n) is 2.21. The Balaban J connectivity index is 0. The minimum atomic E-state index is -0.125. The van der Waals surface area contributed by atoms with Gasteiger partial charge in [-0.1, -0.05) is 0 Å². The highest BCUT2D eigenvalue weighted by Gasteiger charge is 1.85. The van der Waals surface area contributed by atoms with E-state index in [1.54, 1.807) is 0 Å². The van der Waals surface area contributed by atoms with Crippen LogP contribution in [0.1, 0.15) is 12.8 Å². The quantitative estimate of drug-likeness (QED) is 0.381. The number of thiol groups is 2. The number of aliphatic hydroxyl groups excluding tert-OH is 2. The molecule has 0 aromatic heterocycles. The van der Waals surface area contributed by atoms with E-state index in [4.69, 9.17) is 14.9 Å². The summed E-state index contributed by atoms with van der Waals surface area (Å²) < 4.78 is 5.22. The van der Waals surface area contributed by atoms with E-state index in [1.165, 1.54) is 0 Å². The van der Waals surface area contributed by atoms with Crippen molar-refractivity contribution in [2.75, 3.05) is 37.9 Å². The molecule has 0 radical (unpaired) electrons. The average molecular weight is 228 g/mol. The average Bonchev–Trinajstić information content (AvgIpc) is 2.18. The highest BCUT2D eigenvalue weighted by atomic mass is 32.1. The summed E-state index contributed by atoms with van der Waals surface area (Å²) in [6.45, 7) is 1.44. The van der Waals surface area contributed by atoms with Crippen molar-refractivity contribution in [3.05, 3.63) is 0 Å². The zero-order valence-electron chi connectivity index (χ0n) is 7.85. The minimum Gasteiger partial charge on any atom is -0.394 e. The number of hydrogen-bond donors (Lipinski definition) is 4. The fraction of sp³-hybridized carbons (Fsp3) is 1.00. The van der Waals surface area contributed by atoms with Crippen LogP contribution in [-0.2, 0) is 4.74 Å². The summed E-state index contributed by atoms with van der Waals surface area (Å²) in [5.74, 6) is 1.84. The van der Waals surface area contributed by atoms with E-state index in [0.717, 1.165) is 37.6 Å². The summed E-state index contributed by atoms with van der Waals surface area (Å²) in [5.41, 5.74) is 0. The molecule has 0 unspecified atom stereocenters. The fourth-order valence-corrected chi connectivity index (χ4v) is 0.693. The maximum Gasteiger partial charge on any atom is 0.0662 e. The van der Waals surface area contributed by atoms with Gasteiger partial charge in [0.15, 0.2) is 0 Å². The van der Waals surface area contributed by atoms with Gasteiger partial charge in [0, 0.05) is 13.2 Å². The van der Waals surface area contributed by atoms with Gasteiger partial charge in [0.25, 0.3) is 0 Å². The van der Waals surface area contributed by atoms with Gasteiger partial charge in [-0.15, -0.1) is 0 Å². The van der Waals surface area contributed by atoms with E-state index in [1.807, 2.05) is 0 Å². The number of aliphatic hydroxyl groups is 2. The van der Waals surface area contributed by atoms with Crippen molar-refractivity contribution in [2.24, 2.45) is 0 Å². The van der Waals surface area contributed by atoms with Crippen LogP contribution in [-0.4, -0.2) is 48.1 Å². The molecule has 82 valence electrons. The second kappa shape index (κ2) is 18.4. The van der Waals surface area contributed by atoms with Crippen molar-refractivity contribution < 1.29 is 14.9 Å². The molecule has 0 spiro atoms. The molecule has 0 fully saturated rings. The number of hydrogen-bond acceptors (Lipinski definition) is 5. The molecule has 0 saturated carbocycles. The van der Waals surface area contributed by atoms with Crippen molar-refractivity contribution >= 4 is 25.3 Å². The molecule has 0 aromatic carbocycles. The van der Waals surface area contributed by atoms with E-state index in [0.29, 0.717) is 0 Å². The van der Waals surface area contributed by atoms with Crippen molar-refractivity contribution in [3.8, 4) is 0 Å². The molecule has 0 atom stereocenters. The molecule has 0 aliphatic rings. The van der Waals surface area contributed by atoms with Gasteiger partial charge >= 0.3 is 0 Å². The Labute approximate surface area is 91.3 Å². The lowest BCUT2D eigenvalue weighted by Gasteiger charge is -1.99. The normalized spacial score (nSPS) is 9.23. The zero-order valence-corrected chi connectivity index (χ0v) is 9.64. The first kappa shape index (κ1) is 16.0. The van der Waals surface area contributed by atoms with Gasteiger partial charge in [0.2, 0.25) is 0 Å². The fourth-order valence-electron chi connectivity index (χ4n) is 0.435. The SMILES string of the molecule is OCCO.SCCCOCCCS. The summed E-state index contributed by atoms with van der Waals surface area (Å²) >= 11 is 8.10. The van der Waals surface area contributed by atoms with Crippen LogP contribution >= 0.6 is 25.3 Å². The largest absolute Gasteiger partial charge is 0.394 e. The van der Waals surface area contributed by atoms with Gasteiger partial charge in [0.05, 0.1) is 13.2 Å². The third-order valence-corrected chi connectivity index (χ3v) is 1.63. The maximum absolute atomic E-state index is 7.62. The summed E-state index contributed by atoms with van der Waals surface area (Å²) in [4.78, 5) is 0. The predicted octanol–water partition coefficient (Wildman–Crippen LogP) is 0.614. The molecule has 0 saturated heterocycles. The molecule has 2 N–H and O–H groups in total. The van der Waals surface area contributed by atoms with Gasteiger partial charge in [-0.3, -0.25) is 0 Å². The molecule has 0 bridgehead atoms. The van der Waals surface area contributed by atoms with Gasteiger partial charge in [-0.2, -0.15) is 25.3 Å². The Morgan fingerprint density at radius 2 is 1.23 bits per heavy atom. The van der Waals surface area contributed by atoms with Crippen LogP contribution in [0, 0.1) is 0 Å². The molecule has 0 aliphatic heterocycles. The molecule has 13 heavy (non-hydrogen) atoms. The number of ether oxygens (including phenoxy) is 1. The van der Waals surface area contributed by atoms with Crippen molar-refractivity contribution in [1.29, 1.82) is 0 Å². The van der Waals surface area contributed by atoms with Crippen molar-refractivity contribution in [1.82, 2.24) is 0 Å². The molecule has 0 rings (SSSR count). The Hall–Kier alpha value is 0.580. The monoisotopic (exact) mass is 228 g/mol. The summed E-state index contributed by atoms with van der Waals surface area (Å²) in [5, 5.41) is 15.2. The van der Waals surface area contributed by atoms with Gasteiger partial charge < -0.3 is 14.9 Å². The molecule has 0 aromatic rings.